The van der Waals surface area contributed by atoms with Crippen molar-refractivity contribution in [2.75, 3.05) is 0 Å². The number of aromatic nitrogens is 3. The molecule has 1 fully saturated rings. The van der Waals surface area contributed by atoms with Crippen LogP contribution in [-0.4, -0.2) is 15.0 Å². The molecule has 0 atom stereocenters. The van der Waals surface area contributed by atoms with E-state index < -0.39 is 96.4 Å². The molecule has 0 amide bonds. The third-order valence-electron chi connectivity index (χ3n) is 12.3. The molecule has 0 aliphatic heterocycles. The molecule has 1 aliphatic carbocycles. The fourth-order valence-corrected chi connectivity index (χ4v) is 8.81. The summed E-state index contributed by atoms with van der Waals surface area (Å²) < 4.78 is 180. The zero-order chi connectivity index (χ0) is 61.0. The number of benzene rings is 6. The summed E-state index contributed by atoms with van der Waals surface area (Å²) in [6.07, 6.45) is -12.2. The Kier molecular flexibility index (Phi) is 8.84. The van der Waals surface area contributed by atoms with Crippen LogP contribution < -0.4 is 0 Å². The van der Waals surface area contributed by atoms with Crippen molar-refractivity contribution in [2.45, 2.75) is 76.3 Å². The van der Waals surface area contributed by atoms with Gasteiger partial charge in [-0.1, -0.05) is 109 Å². The third kappa shape index (κ3) is 9.88. The average molecular weight is 1090 g/mol. The molecule has 0 unspecified atom stereocenters. The van der Waals surface area contributed by atoms with Gasteiger partial charge in [-0.25, -0.2) is 4.39 Å². The van der Waals surface area contributed by atoms with Gasteiger partial charge >= 0.3 is 20.1 Å². The summed E-state index contributed by atoms with van der Waals surface area (Å²) in [5, 5.41) is 0.142. The smallest absolute Gasteiger partial charge is 0.500 e. The van der Waals surface area contributed by atoms with E-state index in [0.29, 0.717) is 40.9 Å². The van der Waals surface area contributed by atoms with Crippen LogP contribution in [0.4, 0.5) is 4.39 Å². The first-order valence-corrected chi connectivity index (χ1v) is 22.2. The molecular formula is C63H51FIrN3O. The van der Waals surface area contributed by atoms with Crippen LogP contribution in [0, 0.1) is 24.0 Å². The largest absolute Gasteiger partial charge is 3.00 e. The normalized spacial score (nSPS) is 18.0. The zero-order valence-electron chi connectivity index (χ0n) is 54.1. The van der Waals surface area contributed by atoms with Crippen molar-refractivity contribution in [3.63, 3.8) is 0 Å². The quantitative estimate of drug-likeness (QED) is 0.102. The van der Waals surface area contributed by atoms with Gasteiger partial charge in [-0.05, 0) is 130 Å². The molecule has 0 radical (unpaired) electrons. The molecular weight excluding hydrogens is 1030 g/mol. The van der Waals surface area contributed by atoms with Crippen LogP contribution in [0.5, 0.6) is 0 Å². The predicted octanol–water partition coefficient (Wildman–Crippen LogP) is 15.2. The molecule has 6 aromatic carbocycles. The van der Waals surface area contributed by atoms with Crippen LogP contribution in [-0.2, 0) is 63.8 Å². The first-order chi connectivity index (χ1) is 40.0. The van der Waals surface area contributed by atoms with E-state index in [9.17, 15) is 16.4 Å². The summed E-state index contributed by atoms with van der Waals surface area (Å²) >= 11 is 0. The van der Waals surface area contributed by atoms with Crippen LogP contribution in [0.1, 0.15) is 94.9 Å². The maximum Gasteiger partial charge on any atom is 3.00 e. The first kappa shape index (κ1) is 29.9. The first-order valence-electron chi connectivity index (χ1n) is 30.7. The fraction of sp³-hybridized carbons (Fsp3) is 0.190. The van der Waals surface area contributed by atoms with Gasteiger partial charge in [-0.3, -0.25) is 0 Å². The molecule has 4 aromatic heterocycles. The number of hydrogen-bond donors (Lipinski definition) is 0. The van der Waals surface area contributed by atoms with Crippen molar-refractivity contribution < 1.29 is 52.2 Å². The molecule has 69 heavy (non-hydrogen) atoms. The Morgan fingerprint density at radius 3 is 1.86 bits per heavy atom. The predicted molar refractivity (Wildman–Crippen MR) is 273 cm³/mol. The maximum atomic E-state index is 16.7. The number of hydrogen-bond acceptors (Lipinski definition) is 4. The van der Waals surface area contributed by atoms with Gasteiger partial charge in [0.2, 0.25) is 0 Å². The summed E-state index contributed by atoms with van der Waals surface area (Å²) in [7, 11) is 0. The van der Waals surface area contributed by atoms with Crippen LogP contribution in [0.15, 0.2) is 175 Å². The second kappa shape index (κ2) is 20.4. The SMILES string of the molecule is [2H]c1c([2H])c([2H])c(-c2ccc3oc4c(-c5ccc(C([2H])([2H])C([2H])([2H])c6cc(C([2H])([2H])C([2H])([2H])c7ccc(-c8[c-]cccc8)nc7)cc(C([2H])([2H])C([2H])([2H])c7cnc(-c8[c-]cccc8)cc7C7(C)CCCC7)c6)cn5)[c-]ccc4c3c2F)c([2H])c1[2H].[Ir+3]. The molecule has 0 spiro atoms. The molecule has 1 aliphatic rings. The summed E-state index contributed by atoms with van der Waals surface area (Å²) in [6.45, 7) is 1.99. The molecule has 4 heterocycles. The summed E-state index contributed by atoms with van der Waals surface area (Å²) in [6, 6.07) is 35.9. The van der Waals surface area contributed by atoms with E-state index in [1.54, 1.807) is 48.5 Å². The van der Waals surface area contributed by atoms with Crippen LogP contribution in [0.25, 0.3) is 66.8 Å². The number of pyridine rings is 3. The molecule has 10 aromatic rings. The minimum absolute atomic E-state index is 0. The third-order valence-corrected chi connectivity index (χ3v) is 12.3. The van der Waals surface area contributed by atoms with E-state index >= 15 is 4.39 Å². The van der Waals surface area contributed by atoms with Gasteiger partial charge in [-0.15, -0.1) is 90.0 Å². The van der Waals surface area contributed by atoms with Gasteiger partial charge < -0.3 is 19.4 Å². The van der Waals surface area contributed by atoms with Gasteiger partial charge in [0.25, 0.3) is 0 Å². The average Bonchev–Trinajstić information content (AvgIpc) is 1.09. The minimum Gasteiger partial charge on any atom is -0.500 e. The van der Waals surface area contributed by atoms with Gasteiger partial charge in [-0.2, -0.15) is 0 Å². The van der Waals surface area contributed by atoms with E-state index in [1.165, 1.54) is 54.7 Å². The van der Waals surface area contributed by atoms with Crippen molar-refractivity contribution in [3.8, 4) is 44.9 Å². The molecule has 0 N–H and O–H groups in total. The van der Waals surface area contributed by atoms with Crippen LogP contribution in [0.2, 0.25) is 0 Å². The van der Waals surface area contributed by atoms with E-state index in [-0.39, 0.29) is 81.1 Å². The maximum absolute atomic E-state index is 16.7. The van der Waals surface area contributed by atoms with Crippen LogP contribution >= 0.6 is 0 Å². The van der Waals surface area contributed by atoms with Crippen molar-refractivity contribution in [1.82, 2.24) is 15.0 Å². The van der Waals surface area contributed by atoms with E-state index in [4.69, 9.17) is 11.3 Å². The second-order valence-corrected chi connectivity index (χ2v) is 16.8. The minimum atomic E-state index is -3.24. The van der Waals surface area contributed by atoms with E-state index in [1.807, 2.05) is 13.0 Å². The number of halogens is 1. The van der Waals surface area contributed by atoms with Crippen LogP contribution in [0.3, 0.4) is 0 Å². The Bertz CT molecular complexity index is 4210. The van der Waals surface area contributed by atoms with E-state index in [0.717, 1.165) is 43.4 Å². The Hall–Kier alpha value is -6.85. The molecule has 340 valence electrons. The second-order valence-electron chi connectivity index (χ2n) is 16.8. The summed E-state index contributed by atoms with van der Waals surface area (Å²) in [5.41, 5.74) is -0.772. The molecule has 4 nitrogen and oxygen atoms in total. The van der Waals surface area contributed by atoms with Crippen molar-refractivity contribution in [2.24, 2.45) is 0 Å². The Labute approximate surface area is 442 Å². The Morgan fingerprint density at radius 1 is 0.623 bits per heavy atom. The Morgan fingerprint density at radius 2 is 1.23 bits per heavy atom. The van der Waals surface area contributed by atoms with Gasteiger partial charge in [0.05, 0.1) is 12.4 Å². The number of fused-ring (bicyclic) bond motifs is 3. The van der Waals surface area contributed by atoms with Gasteiger partial charge in [0.15, 0.2) is 0 Å². The van der Waals surface area contributed by atoms with Crippen molar-refractivity contribution in [1.29, 1.82) is 0 Å². The molecule has 11 rings (SSSR count). The molecule has 0 saturated heterocycles. The molecule has 1 saturated carbocycles. The standard InChI is InChI=1S/C63H51FN3O.Ir/c1-63(34-11-12-35-63)55-39-58(50-18-9-4-10-19-50)67-42-51(55)29-26-47-37-45(24-22-43-27-31-56(65-40-43)49-16-7-3-8-17-49)36-46(38-47)25-23-44-28-32-57(66-41-44)53-20-13-21-54-60-59(68-62(53)54)33-30-52(61(60)64)48-14-5-2-6-15-48;/h2-10,13-16,18,21,27-28,30-33,36-42H,11-12,22-26,29,34-35H2,1H3;/q-3;+3/i2D,5D,6D,14D,15D,22D2,23D2,24D2,25D2,26D2,29D2;. The zero-order valence-corrected chi connectivity index (χ0v) is 39.5. The summed E-state index contributed by atoms with van der Waals surface area (Å²) in [5.74, 6) is -0.920. The molecule has 6 heteroatoms. The number of nitrogens with zero attached hydrogens (tertiary/aromatic N) is 3. The van der Waals surface area contributed by atoms with Crippen molar-refractivity contribution in [3.05, 3.63) is 233 Å². The van der Waals surface area contributed by atoms with E-state index in [2.05, 4.69) is 33.2 Å². The molecule has 0 bridgehead atoms. The topological polar surface area (TPSA) is 51.8 Å². The number of furan rings is 1. The van der Waals surface area contributed by atoms with Crippen molar-refractivity contribution >= 4 is 21.9 Å². The van der Waals surface area contributed by atoms with Gasteiger partial charge in [0.1, 0.15) is 11.4 Å². The monoisotopic (exact) mass is 1090 g/mol. The van der Waals surface area contributed by atoms with Gasteiger partial charge in [0, 0.05) is 46.0 Å². The fourth-order valence-electron chi connectivity index (χ4n) is 8.81. The Balaban J connectivity index is 0.00000820. The summed E-state index contributed by atoms with van der Waals surface area (Å²) in [4.78, 5) is 13.5. The number of rotatable bonds is 14. The number of aryl methyl sites for hydroxylation is 6.